The summed E-state index contributed by atoms with van der Waals surface area (Å²) in [7, 11) is 0. The highest BCUT2D eigenvalue weighted by Gasteiger charge is 2.19. The van der Waals surface area contributed by atoms with Crippen LogP contribution < -0.4 is 5.43 Å². The molecule has 118 valence electrons. The van der Waals surface area contributed by atoms with E-state index < -0.39 is 0 Å². The van der Waals surface area contributed by atoms with Gasteiger partial charge in [-0.3, -0.25) is 4.98 Å². The second-order valence-corrected chi connectivity index (χ2v) is 6.27. The molecular weight excluding hydrogens is 286 g/mol. The number of pyridine rings is 2. The fourth-order valence-electron chi connectivity index (χ4n) is 3.33. The van der Waals surface area contributed by atoms with Gasteiger partial charge in [0.15, 0.2) is 11.5 Å². The van der Waals surface area contributed by atoms with Crippen molar-refractivity contribution < 1.29 is 0 Å². The predicted molar refractivity (Wildman–Crippen MR) is 91.7 cm³/mol. The highest BCUT2D eigenvalue weighted by Crippen LogP contribution is 2.26. The van der Waals surface area contributed by atoms with Crippen LogP contribution in [0, 0.1) is 6.92 Å². The Morgan fingerprint density at radius 3 is 2.61 bits per heavy atom. The van der Waals surface area contributed by atoms with Gasteiger partial charge in [-0.25, -0.2) is 14.6 Å². The average molecular weight is 307 g/mol. The number of aromatic nitrogens is 4. The Balaban J connectivity index is 1.83. The van der Waals surface area contributed by atoms with E-state index in [2.05, 4.69) is 27.0 Å². The van der Waals surface area contributed by atoms with Crippen LogP contribution in [0.1, 0.15) is 37.7 Å². The summed E-state index contributed by atoms with van der Waals surface area (Å²) in [6.45, 7) is 2.08. The predicted octanol–water partition coefficient (Wildman–Crippen LogP) is 3.68. The zero-order valence-electron chi connectivity index (χ0n) is 13.4. The minimum absolute atomic E-state index is 0.490. The van der Waals surface area contributed by atoms with Gasteiger partial charge in [0.25, 0.3) is 0 Å². The lowest BCUT2D eigenvalue weighted by atomic mass is 9.96. The standard InChI is InChI=1S/C18H21N5/c1-13-7-12-20-18-16(13)21-17(14-8-10-19-11-9-14)23(18)22-15-5-3-2-4-6-15/h7-12,15,22H,2-6H2,1H3. The van der Waals surface area contributed by atoms with Crippen molar-refractivity contribution in [1.82, 2.24) is 19.6 Å². The maximum atomic E-state index is 4.86. The second kappa shape index (κ2) is 5.99. The van der Waals surface area contributed by atoms with Crippen molar-refractivity contribution >= 4 is 11.2 Å². The first-order chi connectivity index (χ1) is 11.3. The van der Waals surface area contributed by atoms with Gasteiger partial charge in [0.1, 0.15) is 5.52 Å². The zero-order chi connectivity index (χ0) is 15.6. The lowest BCUT2D eigenvalue weighted by molar-refractivity contribution is 0.440. The van der Waals surface area contributed by atoms with Crippen LogP contribution in [0.25, 0.3) is 22.6 Å². The van der Waals surface area contributed by atoms with Crippen LogP contribution >= 0.6 is 0 Å². The van der Waals surface area contributed by atoms with Crippen molar-refractivity contribution in [3.05, 3.63) is 42.4 Å². The maximum absolute atomic E-state index is 4.86. The minimum Gasteiger partial charge on any atom is -0.319 e. The summed E-state index contributed by atoms with van der Waals surface area (Å²) >= 11 is 0. The van der Waals surface area contributed by atoms with Gasteiger partial charge in [-0.05, 0) is 43.5 Å². The van der Waals surface area contributed by atoms with Crippen LogP contribution in [-0.4, -0.2) is 25.7 Å². The largest absolute Gasteiger partial charge is 0.319 e. The first-order valence-corrected chi connectivity index (χ1v) is 8.34. The van der Waals surface area contributed by atoms with Crippen molar-refractivity contribution in [3.8, 4) is 11.4 Å². The van der Waals surface area contributed by atoms with Gasteiger partial charge in [0.2, 0.25) is 0 Å². The third-order valence-corrected chi connectivity index (χ3v) is 4.60. The van der Waals surface area contributed by atoms with E-state index in [0.717, 1.165) is 28.1 Å². The van der Waals surface area contributed by atoms with E-state index in [-0.39, 0.29) is 0 Å². The molecule has 4 rings (SSSR count). The molecule has 3 heterocycles. The first kappa shape index (κ1) is 14.2. The SMILES string of the molecule is Cc1ccnc2c1nc(-c1ccncc1)n2NC1CCCCC1. The molecule has 0 radical (unpaired) electrons. The van der Waals surface area contributed by atoms with Crippen molar-refractivity contribution in [2.45, 2.75) is 45.1 Å². The molecule has 0 bridgehead atoms. The lowest BCUT2D eigenvalue weighted by Gasteiger charge is -2.25. The number of nitrogens with one attached hydrogen (secondary N) is 1. The molecule has 0 aliphatic heterocycles. The molecule has 0 atom stereocenters. The molecule has 5 heteroatoms. The molecule has 1 N–H and O–H groups in total. The number of hydrogen-bond donors (Lipinski definition) is 1. The molecule has 1 saturated carbocycles. The van der Waals surface area contributed by atoms with Crippen LogP contribution in [0.3, 0.4) is 0 Å². The topological polar surface area (TPSA) is 55.6 Å². The summed E-state index contributed by atoms with van der Waals surface area (Å²) in [6, 6.07) is 6.49. The number of nitrogens with zero attached hydrogens (tertiary/aromatic N) is 4. The van der Waals surface area contributed by atoms with E-state index in [0.29, 0.717) is 6.04 Å². The van der Waals surface area contributed by atoms with Gasteiger partial charge in [-0.15, -0.1) is 0 Å². The quantitative estimate of drug-likeness (QED) is 0.802. The molecule has 5 nitrogen and oxygen atoms in total. The molecule has 0 saturated heterocycles. The third kappa shape index (κ3) is 2.67. The molecule has 0 spiro atoms. The maximum Gasteiger partial charge on any atom is 0.179 e. The number of hydrogen-bond acceptors (Lipinski definition) is 4. The van der Waals surface area contributed by atoms with Crippen LogP contribution in [0.2, 0.25) is 0 Å². The summed E-state index contributed by atoms with van der Waals surface area (Å²) in [6.07, 6.45) is 11.8. The number of rotatable bonds is 3. The van der Waals surface area contributed by atoms with Crippen LogP contribution in [0.15, 0.2) is 36.8 Å². The van der Waals surface area contributed by atoms with Gasteiger partial charge in [-0.1, -0.05) is 19.3 Å². The minimum atomic E-state index is 0.490. The molecular formula is C18H21N5. The fourth-order valence-corrected chi connectivity index (χ4v) is 3.33. The van der Waals surface area contributed by atoms with E-state index in [1.54, 1.807) is 12.4 Å². The molecule has 23 heavy (non-hydrogen) atoms. The van der Waals surface area contributed by atoms with E-state index >= 15 is 0 Å². The monoisotopic (exact) mass is 307 g/mol. The summed E-state index contributed by atoms with van der Waals surface area (Å²) in [5.74, 6) is 0.912. The van der Waals surface area contributed by atoms with Crippen LogP contribution in [-0.2, 0) is 0 Å². The lowest BCUT2D eigenvalue weighted by Crippen LogP contribution is -2.30. The fraction of sp³-hybridized carbons (Fsp3) is 0.389. The van der Waals surface area contributed by atoms with Crippen LogP contribution in [0.4, 0.5) is 0 Å². The number of aryl methyl sites for hydroxylation is 1. The Morgan fingerprint density at radius 1 is 1.04 bits per heavy atom. The Labute approximate surface area is 135 Å². The van der Waals surface area contributed by atoms with E-state index in [1.807, 2.05) is 24.4 Å². The molecule has 0 unspecified atom stereocenters. The molecule has 1 aliphatic carbocycles. The molecule has 3 aromatic heterocycles. The third-order valence-electron chi connectivity index (χ3n) is 4.60. The molecule has 1 fully saturated rings. The molecule has 0 amide bonds. The summed E-state index contributed by atoms with van der Waals surface area (Å²) in [4.78, 5) is 13.5. The van der Waals surface area contributed by atoms with E-state index in [4.69, 9.17) is 4.98 Å². The van der Waals surface area contributed by atoms with Gasteiger partial charge in [0.05, 0.1) is 0 Å². The smallest absolute Gasteiger partial charge is 0.179 e. The molecule has 0 aromatic carbocycles. The highest BCUT2D eigenvalue weighted by molar-refractivity contribution is 5.80. The molecule has 1 aliphatic rings. The van der Waals surface area contributed by atoms with Gasteiger partial charge < -0.3 is 5.43 Å². The number of imidazole rings is 1. The Morgan fingerprint density at radius 2 is 1.83 bits per heavy atom. The summed E-state index contributed by atoms with van der Waals surface area (Å²) in [5, 5.41) is 0. The Bertz CT molecular complexity index is 803. The first-order valence-electron chi connectivity index (χ1n) is 8.34. The summed E-state index contributed by atoms with van der Waals surface area (Å²) < 4.78 is 2.08. The van der Waals surface area contributed by atoms with Gasteiger partial charge in [-0.2, -0.15) is 0 Å². The van der Waals surface area contributed by atoms with Gasteiger partial charge in [0, 0.05) is 30.2 Å². The van der Waals surface area contributed by atoms with Crippen molar-refractivity contribution in [3.63, 3.8) is 0 Å². The van der Waals surface area contributed by atoms with Crippen molar-refractivity contribution in [1.29, 1.82) is 0 Å². The highest BCUT2D eigenvalue weighted by atomic mass is 15.5. The van der Waals surface area contributed by atoms with Crippen molar-refractivity contribution in [2.24, 2.45) is 0 Å². The summed E-state index contributed by atoms with van der Waals surface area (Å²) in [5.41, 5.74) is 7.74. The van der Waals surface area contributed by atoms with E-state index in [9.17, 15) is 0 Å². The van der Waals surface area contributed by atoms with Crippen LogP contribution in [0.5, 0.6) is 0 Å². The second-order valence-electron chi connectivity index (χ2n) is 6.27. The molecule has 3 aromatic rings. The van der Waals surface area contributed by atoms with E-state index in [1.165, 1.54) is 32.1 Å². The van der Waals surface area contributed by atoms with Gasteiger partial charge >= 0.3 is 0 Å². The Hall–Kier alpha value is -2.43. The van der Waals surface area contributed by atoms with Crippen molar-refractivity contribution in [2.75, 3.05) is 5.43 Å². The average Bonchev–Trinajstić information content (AvgIpc) is 2.97. The Kier molecular flexibility index (Phi) is 3.69. The normalized spacial score (nSPS) is 15.9. The zero-order valence-corrected chi connectivity index (χ0v) is 13.4. The number of fused-ring (bicyclic) bond motifs is 1.